The van der Waals surface area contributed by atoms with E-state index in [-0.39, 0.29) is 0 Å². The summed E-state index contributed by atoms with van der Waals surface area (Å²) < 4.78 is 4.04. The Morgan fingerprint density at radius 3 is 2.24 bits per heavy atom. The summed E-state index contributed by atoms with van der Waals surface area (Å²) in [6.45, 7) is 15.9. The van der Waals surface area contributed by atoms with E-state index in [2.05, 4.69) is 57.4 Å². The monoisotopic (exact) mass is 345 g/mol. The van der Waals surface area contributed by atoms with Gasteiger partial charge >= 0.3 is 0 Å². The van der Waals surface area contributed by atoms with Crippen LogP contribution in [0.25, 0.3) is 0 Å². The molecule has 0 aromatic carbocycles. The van der Waals surface area contributed by atoms with Gasteiger partial charge in [0.25, 0.3) is 0 Å². The molecule has 138 valence electrons. The normalized spacial score (nSPS) is 16.9. The van der Waals surface area contributed by atoms with Crippen LogP contribution in [-0.4, -0.2) is 60.5 Å². The molecule has 7 nitrogen and oxygen atoms in total. The van der Waals surface area contributed by atoms with Crippen LogP contribution in [0.1, 0.15) is 36.6 Å². The van der Waals surface area contributed by atoms with Crippen LogP contribution in [0.5, 0.6) is 0 Å². The quantitative estimate of drug-likeness (QED) is 0.796. The standard InChI is InChI=1S/C18H31N7/c1-14(2)10-25-18(19-13-20-25)12-24-8-6-23(7-9-24)11-17-15(3)21-22(5)16(17)4/h13-14H,6-12H2,1-5H3. The molecule has 0 spiro atoms. The number of piperazine rings is 1. The van der Waals surface area contributed by atoms with Crippen LogP contribution in [-0.2, 0) is 26.7 Å². The second-order valence-electron chi connectivity index (χ2n) is 7.58. The van der Waals surface area contributed by atoms with Crippen molar-refractivity contribution in [3.05, 3.63) is 29.1 Å². The highest BCUT2D eigenvalue weighted by Gasteiger charge is 2.21. The van der Waals surface area contributed by atoms with Crippen molar-refractivity contribution in [3.8, 4) is 0 Å². The van der Waals surface area contributed by atoms with Gasteiger partial charge in [0.15, 0.2) is 0 Å². The lowest BCUT2D eigenvalue weighted by Crippen LogP contribution is -2.45. The van der Waals surface area contributed by atoms with Crippen LogP contribution >= 0.6 is 0 Å². The largest absolute Gasteiger partial charge is 0.296 e. The smallest absolute Gasteiger partial charge is 0.141 e. The summed E-state index contributed by atoms with van der Waals surface area (Å²) in [6, 6.07) is 0. The zero-order chi connectivity index (χ0) is 18.0. The first kappa shape index (κ1) is 18.1. The van der Waals surface area contributed by atoms with Gasteiger partial charge in [-0.15, -0.1) is 0 Å². The Balaban J connectivity index is 1.53. The number of aryl methyl sites for hydroxylation is 2. The Labute approximate surface area is 150 Å². The van der Waals surface area contributed by atoms with Crippen molar-refractivity contribution in [3.63, 3.8) is 0 Å². The van der Waals surface area contributed by atoms with Crippen molar-refractivity contribution >= 4 is 0 Å². The lowest BCUT2D eigenvalue weighted by atomic mass is 10.1. The average molecular weight is 345 g/mol. The summed E-state index contributed by atoms with van der Waals surface area (Å²) in [6.07, 6.45) is 1.68. The van der Waals surface area contributed by atoms with Crippen molar-refractivity contribution in [2.45, 2.75) is 47.3 Å². The molecule has 1 saturated heterocycles. The van der Waals surface area contributed by atoms with Crippen LogP contribution in [0.2, 0.25) is 0 Å². The molecule has 1 aliphatic rings. The highest BCUT2D eigenvalue weighted by molar-refractivity contribution is 5.24. The molecule has 7 heteroatoms. The van der Waals surface area contributed by atoms with E-state index >= 15 is 0 Å². The molecule has 1 fully saturated rings. The highest BCUT2D eigenvalue weighted by atomic mass is 15.4. The first-order chi connectivity index (χ1) is 11.9. The van der Waals surface area contributed by atoms with Crippen molar-refractivity contribution in [1.29, 1.82) is 0 Å². The number of hydrogen-bond acceptors (Lipinski definition) is 5. The van der Waals surface area contributed by atoms with Gasteiger partial charge in [-0.2, -0.15) is 10.2 Å². The Morgan fingerprint density at radius 2 is 1.68 bits per heavy atom. The molecular formula is C18H31N7. The molecule has 0 bridgehead atoms. The van der Waals surface area contributed by atoms with Crippen molar-refractivity contribution in [2.24, 2.45) is 13.0 Å². The average Bonchev–Trinajstić information content (AvgIpc) is 3.08. The molecular weight excluding hydrogens is 314 g/mol. The maximum Gasteiger partial charge on any atom is 0.141 e. The molecule has 1 aliphatic heterocycles. The molecule has 2 aromatic rings. The third-order valence-electron chi connectivity index (χ3n) is 5.10. The van der Waals surface area contributed by atoms with E-state index < -0.39 is 0 Å². The summed E-state index contributed by atoms with van der Waals surface area (Å²) in [5.74, 6) is 1.67. The molecule has 3 rings (SSSR count). The number of hydrogen-bond donors (Lipinski definition) is 0. The summed E-state index contributed by atoms with van der Waals surface area (Å²) >= 11 is 0. The maximum atomic E-state index is 4.54. The summed E-state index contributed by atoms with van der Waals surface area (Å²) in [7, 11) is 2.02. The maximum absolute atomic E-state index is 4.54. The zero-order valence-electron chi connectivity index (χ0n) is 16.2. The summed E-state index contributed by atoms with van der Waals surface area (Å²) in [5.41, 5.74) is 3.82. The minimum absolute atomic E-state index is 0.586. The molecule has 25 heavy (non-hydrogen) atoms. The third kappa shape index (κ3) is 4.27. The number of rotatable bonds is 6. The van der Waals surface area contributed by atoms with Gasteiger partial charge in [-0.05, 0) is 19.8 Å². The third-order valence-corrected chi connectivity index (χ3v) is 5.10. The van der Waals surface area contributed by atoms with Gasteiger partial charge in [-0.25, -0.2) is 9.67 Å². The van der Waals surface area contributed by atoms with Gasteiger partial charge in [-0.3, -0.25) is 14.5 Å². The van der Waals surface area contributed by atoms with Crippen molar-refractivity contribution in [2.75, 3.05) is 26.2 Å². The topological polar surface area (TPSA) is 55.0 Å². The van der Waals surface area contributed by atoms with E-state index in [1.807, 2.05) is 11.7 Å². The van der Waals surface area contributed by atoms with E-state index in [4.69, 9.17) is 0 Å². The molecule has 0 saturated carbocycles. The zero-order valence-corrected chi connectivity index (χ0v) is 16.2. The van der Waals surface area contributed by atoms with Crippen molar-refractivity contribution in [1.82, 2.24) is 34.3 Å². The van der Waals surface area contributed by atoms with E-state index in [9.17, 15) is 0 Å². The minimum atomic E-state index is 0.586. The molecule has 0 radical (unpaired) electrons. The molecule has 3 heterocycles. The lowest BCUT2D eigenvalue weighted by Gasteiger charge is -2.34. The van der Waals surface area contributed by atoms with Gasteiger partial charge in [0, 0.05) is 57.6 Å². The van der Waals surface area contributed by atoms with Gasteiger partial charge < -0.3 is 0 Å². The van der Waals surface area contributed by atoms with Gasteiger partial charge in [-0.1, -0.05) is 13.8 Å². The van der Waals surface area contributed by atoms with Crippen LogP contribution in [0.4, 0.5) is 0 Å². The van der Waals surface area contributed by atoms with Gasteiger partial charge in [0.1, 0.15) is 12.2 Å². The lowest BCUT2D eigenvalue weighted by molar-refractivity contribution is 0.118. The molecule has 0 amide bonds. The van der Waals surface area contributed by atoms with Gasteiger partial charge in [0.05, 0.1) is 12.2 Å². The first-order valence-corrected chi connectivity index (χ1v) is 9.24. The second-order valence-corrected chi connectivity index (χ2v) is 7.58. The SMILES string of the molecule is Cc1nn(C)c(C)c1CN1CCN(Cc2ncnn2CC(C)C)CC1. The fraction of sp³-hybridized carbons (Fsp3) is 0.722. The van der Waals surface area contributed by atoms with Crippen LogP contribution < -0.4 is 0 Å². The van der Waals surface area contributed by atoms with Crippen LogP contribution in [0.3, 0.4) is 0 Å². The van der Waals surface area contributed by atoms with Crippen LogP contribution in [0, 0.1) is 19.8 Å². The highest BCUT2D eigenvalue weighted by Crippen LogP contribution is 2.16. The molecule has 0 unspecified atom stereocenters. The Kier molecular flexibility index (Phi) is 5.54. The van der Waals surface area contributed by atoms with Crippen molar-refractivity contribution < 1.29 is 0 Å². The van der Waals surface area contributed by atoms with Crippen LogP contribution in [0.15, 0.2) is 6.33 Å². The Bertz CT molecular complexity index is 692. The first-order valence-electron chi connectivity index (χ1n) is 9.24. The molecule has 0 atom stereocenters. The summed E-state index contributed by atoms with van der Waals surface area (Å²) in [4.78, 5) is 9.48. The molecule has 0 N–H and O–H groups in total. The molecule has 0 aliphatic carbocycles. The fourth-order valence-electron chi connectivity index (χ4n) is 3.48. The predicted molar refractivity (Wildman–Crippen MR) is 98.1 cm³/mol. The molecule has 2 aromatic heterocycles. The Hall–Kier alpha value is -1.73. The second kappa shape index (κ2) is 7.66. The minimum Gasteiger partial charge on any atom is -0.296 e. The van der Waals surface area contributed by atoms with E-state index in [1.165, 1.54) is 11.3 Å². The van der Waals surface area contributed by atoms with Gasteiger partial charge in [0.2, 0.25) is 0 Å². The van der Waals surface area contributed by atoms with E-state index in [0.29, 0.717) is 5.92 Å². The van der Waals surface area contributed by atoms with E-state index in [0.717, 1.165) is 57.3 Å². The number of aromatic nitrogens is 5. The predicted octanol–water partition coefficient (Wildman–Crippen LogP) is 1.60. The fourth-order valence-corrected chi connectivity index (χ4v) is 3.48. The summed E-state index contributed by atoms with van der Waals surface area (Å²) in [5, 5.41) is 8.91. The Morgan fingerprint density at radius 1 is 1.04 bits per heavy atom. The van der Waals surface area contributed by atoms with E-state index in [1.54, 1.807) is 6.33 Å². The number of nitrogens with zero attached hydrogens (tertiary/aromatic N) is 7.